The number of aromatic amines is 1. The van der Waals surface area contributed by atoms with Gasteiger partial charge in [0.1, 0.15) is 11.3 Å². The van der Waals surface area contributed by atoms with Crippen molar-refractivity contribution in [1.29, 1.82) is 0 Å². The molecule has 1 amide bonds. The Balaban J connectivity index is 1.79. The highest BCUT2D eigenvalue weighted by molar-refractivity contribution is 6.32. The number of ether oxygens (including phenoxy) is 2. The van der Waals surface area contributed by atoms with Gasteiger partial charge < -0.3 is 20.2 Å². The third kappa shape index (κ3) is 6.31. The van der Waals surface area contributed by atoms with E-state index in [0.29, 0.717) is 40.7 Å². The molecular weight excluding hydrogens is 426 g/mol. The number of nitrogens with one attached hydrogen (secondary N) is 1. The molecule has 0 fully saturated rings. The topological polar surface area (TPSA) is 90.2 Å². The van der Waals surface area contributed by atoms with Crippen LogP contribution < -0.4 is 5.73 Å². The van der Waals surface area contributed by atoms with Crippen LogP contribution in [0.15, 0.2) is 36.4 Å². The zero-order valence-electron chi connectivity index (χ0n) is 18.8. The number of aromatic nitrogens is 2. The lowest BCUT2D eigenvalue weighted by atomic mass is 10.1. The number of benzene rings is 2. The fourth-order valence-electron chi connectivity index (χ4n) is 3.53. The van der Waals surface area contributed by atoms with Crippen LogP contribution in [0.1, 0.15) is 74.6 Å². The first-order valence-corrected chi connectivity index (χ1v) is 11.7. The molecule has 0 atom stereocenters. The Morgan fingerprint density at radius 1 is 1.03 bits per heavy atom. The molecule has 3 rings (SSSR count). The summed E-state index contributed by atoms with van der Waals surface area (Å²) in [4.78, 5) is 19.6. The number of carbonyl (C=O) groups is 1. The molecule has 7 heteroatoms. The molecule has 0 aliphatic heterocycles. The number of H-pyrrole nitrogens is 1. The van der Waals surface area contributed by atoms with Crippen LogP contribution in [-0.2, 0) is 9.47 Å². The molecule has 0 aliphatic rings. The van der Waals surface area contributed by atoms with E-state index >= 15 is 0 Å². The molecule has 0 bridgehead atoms. The summed E-state index contributed by atoms with van der Waals surface area (Å²) in [6.45, 7) is 5.70. The molecule has 0 saturated heterocycles. The Morgan fingerprint density at radius 2 is 1.66 bits per heavy atom. The van der Waals surface area contributed by atoms with Gasteiger partial charge in [-0.15, -0.1) is 0 Å². The van der Waals surface area contributed by atoms with Gasteiger partial charge in [0, 0.05) is 16.1 Å². The van der Waals surface area contributed by atoms with Crippen molar-refractivity contribution in [2.75, 3.05) is 13.2 Å². The zero-order chi connectivity index (χ0) is 22.9. The number of amides is 1. The fourth-order valence-corrected chi connectivity index (χ4v) is 3.75. The summed E-state index contributed by atoms with van der Waals surface area (Å²) in [5, 5.41) is 0.431. The smallest absolute Gasteiger partial charge is 0.251 e. The van der Waals surface area contributed by atoms with Gasteiger partial charge >= 0.3 is 0 Å². The number of hydrogen-bond donors (Lipinski definition) is 2. The number of unbranched alkanes of at least 4 members (excludes halogenated alkanes) is 4. The highest BCUT2D eigenvalue weighted by Crippen LogP contribution is 2.28. The number of imidazole rings is 1. The second kappa shape index (κ2) is 12.0. The maximum Gasteiger partial charge on any atom is 0.251 e. The highest BCUT2D eigenvalue weighted by Gasteiger charge is 2.16. The molecule has 0 unspecified atom stereocenters. The third-order valence-corrected chi connectivity index (χ3v) is 5.53. The molecule has 0 spiro atoms. The van der Waals surface area contributed by atoms with Gasteiger partial charge in [-0.05, 0) is 25.0 Å². The lowest BCUT2D eigenvalue weighted by Crippen LogP contribution is -2.11. The quantitative estimate of drug-likeness (QED) is 0.229. The number of nitrogens with two attached hydrogens (primary N) is 1. The van der Waals surface area contributed by atoms with Crippen molar-refractivity contribution >= 4 is 28.5 Å². The van der Waals surface area contributed by atoms with E-state index in [1.807, 2.05) is 24.3 Å². The van der Waals surface area contributed by atoms with Gasteiger partial charge in [-0.3, -0.25) is 4.79 Å². The summed E-state index contributed by atoms with van der Waals surface area (Å²) < 4.78 is 12.1. The lowest BCUT2D eigenvalue weighted by molar-refractivity contribution is -0.148. The zero-order valence-corrected chi connectivity index (χ0v) is 19.6. The molecule has 6 nitrogen and oxygen atoms in total. The lowest BCUT2D eigenvalue weighted by Gasteiger charge is -2.19. The second-order valence-corrected chi connectivity index (χ2v) is 8.35. The Bertz CT molecular complexity index is 1010. The van der Waals surface area contributed by atoms with Crippen LogP contribution >= 0.6 is 11.6 Å². The van der Waals surface area contributed by atoms with E-state index in [2.05, 4.69) is 23.8 Å². The molecule has 0 saturated carbocycles. The SMILES string of the molecule is CCCCCOC(OCCCCC)c1ccc(-c2nc3c(C(N)=O)cc(Cl)cc3[nH]2)cc1. The summed E-state index contributed by atoms with van der Waals surface area (Å²) in [7, 11) is 0. The average Bonchev–Trinajstić information content (AvgIpc) is 3.21. The molecular formula is C25H32ClN3O3. The third-order valence-electron chi connectivity index (χ3n) is 5.31. The van der Waals surface area contributed by atoms with E-state index in [1.54, 1.807) is 6.07 Å². The minimum absolute atomic E-state index is 0.299. The largest absolute Gasteiger partial charge is 0.366 e. The minimum atomic E-state index is -0.561. The Kier molecular flexibility index (Phi) is 9.09. The normalized spacial score (nSPS) is 11.5. The standard InChI is InChI=1S/C25H32ClN3O3/c1-3-5-7-13-31-25(32-14-8-6-4-2)18-11-9-17(10-12-18)24-28-21-16-19(26)15-20(23(27)30)22(21)29-24/h9-12,15-16,25H,3-8,13-14H2,1-2H3,(H2,27,30)(H,28,29). The number of rotatable bonds is 13. The number of hydrogen-bond acceptors (Lipinski definition) is 4. The highest BCUT2D eigenvalue weighted by atomic mass is 35.5. The van der Waals surface area contributed by atoms with Gasteiger partial charge in [-0.1, -0.05) is 75.4 Å². The Hall–Kier alpha value is -2.41. The first-order chi connectivity index (χ1) is 15.5. The first-order valence-electron chi connectivity index (χ1n) is 11.4. The Labute approximate surface area is 194 Å². The van der Waals surface area contributed by atoms with E-state index < -0.39 is 5.91 Å². The van der Waals surface area contributed by atoms with Crippen LogP contribution in [0.3, 0.4) is 0 Å². The minimum Gasteiger partial charge on any atom is -0.366 e. The number of halogens is 1. The summed E-state index contributed by atoms with van der Waals surface area (Å²) >= 11 is 6.12. The molecule has 32 heavy (non-hydrogen) atoms. The first kappa shape index (κ1) is 24.2. The average molecular weight is 458 g/mol. The molecule has 3 N–H and O–H groups in total. The summed E-state index contributed by atoms with van der Waals surface area (Å²) in [5.74, 6) is 0.0785. The summed E-state index contributed by atoms with van der Waals surface area (Å²) in [6, 6.07) is 11.2. The predicted molar refractivity (Wildman–Crippen MR) is 129 cm³/mol. The number of primary amides is 1. The van der Waals surface area contributed by atoms with E-state index in [4.69, 9.17) is 26.8 Å². The molecule has 0 radical (unpaired) electrons. The van der Waals surface area contributed by atoms with Crippen LogP contribution in [0.25, 0.3) is 22.4 Å². The monoisotopic (exact) mass is 457 g/mol. The van der Waals surface area contributed by atoms with Crippen molar-refractivity contribution in [2.24, 2.45) is 5.73 Å². The van der Waals surface area contributed by atoms with Gasteiger partial charge in [0.05, 0.1) is 24.3 Å². The summed E-state index contributed by atoms with van der Waals surface area (Å²) in [6.07, 6.45) is 6.25. The van der Waals surface area contributed by atoms with Crippen LogP contribution in [0.5, 0.6) is 0 Å². The second-order valence-electron chi connectivity index (χ2n) is 7.91. The van der Waals surface area contributed by atoms with Crippen molar-refractivity contribution in [2.45, 2.75) is 58.7 Å². The van der Waals surface area contributed by atoms with Gasteiger partial charge in [-0.2, -0.15) is 0 Å². The van der Waals surface area contributed by atoms with Crippen molar-refractivity contribution in [3.05, 3.63) is 52.5 Å². The van der Waals surface area contributed by atoms with Gasteiger partial charge in [0.15, 0.2) is 6.29 Å². The van der Waals surface area contributed by atoms with Crippen LogP contribution in [-0.4, -0.2) is 29.1 Å². The molecule has 0 aliphatic carbocycles. The Morgan fingerprint density at radius 3 is 2.22 bits per heavy atom. The molecule has 172 valence electrons. The fraction of sp³-hybridized carbons (Fsp3) is 0.440. The van der Waals surface area contributed by atoms with Crippen molar-refractivity contribution < 1.29 is 14.3 Å². The molecule has 1 heterocycles. The van der Waals surface area contributed by atoms with E-state index in [0.717, 1.165) is 49.7 Å². The number of nitrogens with zero attached hydrogens (tertiary/aromatic N) is 1. The van der Waals surface area contributed by atoms with E-state index in [9.17, 15) is 4.79 Å². The van der Waals surface area contributed by atoms with Crippen molar-refractivity contribution in [1.82, 2.24) is 9.97 Å². The van der Waals surface area contributed by atoms with Crippen molar-refractivity contribution in [3.8, 4) is 11.4 Å². The summed E-state index contributed by atoms with van der Waals surface area (Å²) in [5.41, 5.74) is 8.82. The number of carbonyl (C=O) groups excluding carboxylic acids is 1. The number of fused-ring (bicyclic) bond motifs is 1. The molecule has 2 aromatic carbocycles. The van der Waals surface area contributed by atoms with Gasteiger partial charge in [0.2, 0.25) is 0 Å². The van der Waals surface area contributed by atoms with Crippen LogP contribution in [0, 0.1) is 0 Å². The maximum atomic E-state index is 11.8. The predicted octanol–water partition coefficient (Wildman–Crippen LogP) is 6.39. The van der Waals surface area contributed by atoms with Crippen LogP contribution in [0.2, 0.25) is 5.02 Å². The van der Waals surface area contributed by atoms with E-state index in [-0.39, 0.29) is 6.29 Å². The van der Waals surface area contributed by atoms with E-state index in [1.165, 1.54) is 6.07 Å². The van der Waals surface area contributed by atoms with Crippen LogP contribution in [0.4, 0.5) is 0 Å². The van der Waals surface area contributed by atoms with Gasteiger partial charge in [0.25, 0.3) is 5.91 Å². The molecule has 3 aromatic rings. The van der Waals surface area contributed by atoms with Gasteiger partial charge in [-0.25, -0.2) is 4.98 Å². The molecule has 1 aromatic heterocycles. The maximum absolute atomic E-state index is 11.8. The van der Waals surface area contributed by atoms with Crippen molar-refractivity contribution in [3.63, 3.8) is 0 Å².